The maximum Gasteiger partial charge on any atom is 0.267 e. The number of aromatic nitrogens is 1. The van der Waals surface area contributed by atoms with Crippen LogP contribution in [0.5, 0.6) is 17.2 Å². The number of nitrogens with one attached hydrogen (secondary N) is 1. The fourth-order valence-electron chi connectivity index (χ4n) is 4.60. The van der Waals surface area contributed by atoms with Crippen LogP contribution in [0.4, 0.5) is 0 Å². The summed E-state index contributed by atoms with van der Waals surface area (Å²) >= 11 is 0. The largest absolute Gasteiger partial charge is 0.495 e. The van der Waals surface area contributed by atoms with Gasteiger partial charge >= 0.3 is 0 Å². The molecule has 0 saturated heterocycles. The van der Waals surface area contributed by atoms with E-state index in [9.17, 15) is 18.3 Å². The minimum Gasteiger partial charge on any atom is -0.495 e. The van der Waals surface area contributed by atoms with Gasteiger partial charge in [-0.1, -0.05) is 24.3 Å². The van der Waals surface area contributed by atoms with Gasteiger partial charge in [-0.3, -0.25) is 4.79 Å². The Kier molecular flexibility index (Phi) is 6.30. The summed E-state index contributed by atoms with van der Waals surface area (Å²) in [7, 11) is -1.06. The number of carbonyl (C=O) groups is 1. The lowest BCUT2D eigenvalue weighted by Crippen LogP contribution is -2.35. The van der Waals surface area contributed by atoms with Gasteiger partial charge in [-0.15, -0.1) is 0 Å². The molecule has 192 valence electrons. The van der Waals surface area contributed by atoms with Crippen LogP contribution in [0, 0.1) is 6.92 Å². The molecule has 0 aliphatic carbocycles. The highest BCUT2D eigenvalue weighted by Crippen LogP contribution is 2.39. The fraction of sp³-hybridized carbons (Fsp3) is 0.222. The van der Waals surface area contributed by atoms with Crippen molar-refractivity contribution in [1.29, 1.82) is 0 Å². The van der Waals surface area contributed by atoms with Crippen LogP contribution in [-0.4, -0.2) is 37.9 Å². The molecule has 2 heterocycles. The molecule has 0 radical (unpaired) electrons. The molecule has 1 aromatic heterocycles. The minimum atomic E-state index is -4.27. The second-order valence-electron chi connectivity index (χ2n) is 8.87. The number of rotatable bonds is 7. The molecule has 1 aliphatic heterocycles. The zero-order valence-corrected chi connectivity index (χ0v) is 21.3. The second-order valence-corrected chi connectivity index (χ2v) is 10.5. The summed E-state index contributed by atoms with van der Waals surface area (Å²) in [5, 5.41) is 10.3. The molecule has 9 nitrogen and oxygen atoms in total. The zero-order valence-electron chi connectivity index (χ0n) is 20.5. The van der Waals surface area contributed by atoms with Crippen LogP contribution in [0.1, 0.15) is 28.2 Å². The van der Waals surface area contributed by atoms with Crippen LogP contribution in [0.15, 0.2) is 65.7 Å². The standard InChI is InChI=1S/C27H26N2O7S/c1-16-4-9-25(24(10-16)34-3)37(32,33)28-27(31)26(18-6-8-22-23(12-18)36-15-35-22)20-13-29(2)21-11-17(14-30)5-7-19(20)21/h4-13,26,30H,14-15H2,1-3H3,(H,28,31)/t26-/m1/s1. The number of aliphatic hydroxyl groups is 1. The third kappa shape index (κ3) is 4.49. The number of sulfonamides is 1. The highest BCUT2D eigenvalue weighted by molar-refractivity contribution is 7.90. The molecular weight excluding hydrogens is 496 g/mol. The molecule has 2 N–H and O–H groups in total. The topological polar surface area (TPSA) is 116 Å². The first kappa shape index (κ1) is 24.7. The number of nitrogens with zero attached hydrogens (tertiary/aromatic N) is 1. The Morgan fingerprint density at radius 3 is 2.65 bits per heavy atom. The number of fused-ring (bicyclic) bond motifs is 2. The number of aliphatic hydroxyl groups excluding tert-OH is 1. The van der Waals surface area contributed by atoms with Gasteiger partial charge in [0.1, 0.15) is 10.6 Å². The van der Waals surface area contributed by atoms with E-state index in [0.717, 1.165) is 22.0 Å². The predicted molar refractivity (Wildman–Crippen MR) is 136 cm³/mol. The van der Waals surface area contributed by atoms with Gasteiger partial charge in [0, 0.05) is 24.1 Å². The van der Waals surface area contributed by atoms with E-state index in [-0.39, 0.29) is 24.0 Å². The molecule has 1 amide bonds. The summed E-state index contributed by atoms with van der Waals surface area (Å²) in [6.45, 7) is 1.75. The van der Waals surface area contributed by atoms with Gasteiger partial charge in [-0.05, 0) is 59.5 Å². The Hall–Kier alpha value is -4.02. The lowest BCUT2D eigenvalue weighted by atomic mass is 9.90. The molecule has 10 heteroatoms. The van der Waals surface area contributed by atoms with Gasteiger partial charge in [0.2, 0.25) is 12.7 Å². The van der Waals surface area contributed by atoms with Crippen LogP contribution in [0.3, 0.4) is 0 Å². The number of ether oxygens (including phenoxy) is 3. The number of methoxy groups -OCH3 is 1. The third-order valence-corrected chi connectivity index (χ3v) is 7.80. The fourth-order valence-corrected chi connectivity index (χ4v) is 5.74. The summed E-state index contributed by atoms with van der Waals surface area (Å²) in [6, 6.07) is 15.2. The molecule has 0 saturated carbocycles. The lowest BCUT2D eigenvalue weighted by Gasteiger charge is -2.19. The first-order chi connectivity index (χ1) is 17.7. The molecular formula is C27H26N2O7S. The first-order valence-electron chi connectivity index (χ1n) is 11.5. The average Bonchev–Trinajstić information content (AvgIpc) is 3.47. The van der Waals surface area contributed by atoms with Gasteiger partial charge in [0.15, 0.2) is 11.5 Å². The Morgan fingerprint density at radius 2 is 1.89 bits per heavy atom. The van der Waals surface area contributed by atoms with E-state index in [1.54, 1.807) is 42.6 Å². The van der Waals surface area contributed by atoms with Crippen molar-refractivity contribution in [3.8, 4) is 17.2 Å². The second kappa shape index (κ2) is 9.45. The van der Waals surface area contributed by atoms with Crippen LogP contribution >= 0.6 is 0 Å². The van der Waals surface area contributed by atoms with Crippen LogP contribution in [-0.2, 0) is 28.5 Å². The van der Waals surface area contributed by atoms with E-state index in [4.69, 9.17) is 14.2 Å². The van der Waals surface area contributed by atoms with Crippen LogP contribution in [0.25, 0.3) is 10.9 Å². The highest BCUT2D eigenvalue weighted by atomic mass is 32.2. The molecule has 1 aliphatic rings. The van der Waals surface area contributed by atoms with Crippen molar-refractivity contribution in [1.82, 2.24) is 9.29 Å². The van der Waals surface area contributed by atoms with Gasteiger partial charge < -0.3 is 23.9 Å². The SMILES string of the molecule is COc1cc(C)ccc1S(=O)(=O)NC(=O)[C@H](c1ccc2c(c1)OCO2)c1cn(C)c2cc(CO)ccc12. The summed E-state index contributed by atoms with van der Waals surface area (Å²) in [5.74, 6) is -0.571. The van der Waals surface area contributed by atoms with Crippen LogP contribution < -0.4 is 18.9 Å². The monoisotopic (exact) mass is 522 g/mol. The van der Waals surface area contributed by atoms with Crippen LogP contribution in [0.2, 0.25) is 0 Å². The van der Waals surface area contributed by atoms with E-state index in [2.05, 4.69) is 4.72 Å². The smallest absolute Gasteiger partial charge is 0.267 e. The van der Waals surface area contributed by atoms with Crippen molar-refractivity contribution < 1.29 is 32.5 Å². The van der Waals surface area contributed by atoms with E-state index in [0.29, 0.717) is 22.6 Å². The Labute approximate surface area is 214 Å². The van der Waals surface area contributed by atoms with Crippen molar-refractivity contribution >= 4 is 26.8 Å². The zero-order chi connectivity index (χ0) is 26.3. The molecule has 0 fully saturated rings. The van der Waals surface area contributed by atoms with E-state index >= 15 is 0 Å². The van der Waals surface area contributed by atoms with Crippen molar-refractivity contribution in [3.63, 3.8) is 0 Å². The maximum atomic E-state index is 13.8. The summed E-state index contributed by atoms with van der Waals surface area (Å²) in [5.41, 5.74) is 3.47. The maximum absolute atomic E-state index is 13.8. The summed E-state index contributed by atoms with van der Waals surface area (Å²) < 4.78 is 47.0. The summed E-state index contributed by atoms with van der Waals surface area (Å²) in [4.78, 5) is 13.7. The summed E-state index contributed by atoms with van der Waals surface area (Å²) in [6.07, 6.45) is 1.79. The number of amides is 1. The third-order valence-electron chi connectivity index (χ3n) is 6.42. The number of hydrogen-bond acceptors (Lipinski definition) is 7. The molecule has 5 rings (SSSR count). The Morgan fingerprint density at radius 1 is 1.11 bits per heavy atom. The van der Waals surface area contributed by atoms with Crippen molar-refractivity contribution in [2.24, 2.45) is 7.05 Å². The quantitative estimate of drug-likeness (QED) is 0.382. The Balaban J connectivity index is 1.62. The number of hydrogen-bond donors (Lipinski definition) is 2. The number of benzene rings is 3. The van der Waals surface area contributed by atoms with Gasteiger partial charge in [0.25, 0.3) is 10.0 Å². The highest BCUT2D eigenvalue weighted by Gasteiger charge is 2.32. The number of carbonyl (C=O) groups excluding carboxylic acids is 1. The van der Waals surface area contributed by atoms with Gasteiger partial charge in [-0.2, -0.15) is 0 Å². The van der Waals surface area contributed by atoms with E-state index in [1.807, 2.05) is 30.7 Å². The normalized spacial score (nSPS) is 13.5. The van der Waals surface area contributed by atoms with E-state index < -0.39 is 21.8 Å². The van der Waals surface area contributed by atoms with Crippen molar-refractivity contribution in [2.45, 2.75) is 24.3 Å². The minimum absolute atomic E-state index is 0.0649. The molecule has 4 aromatic rings. The average molecular weight is 523 g/mol. The first-order valence-corrected chi connectivity index (χ1v) is 13.0. The molecule has 1 atom stereocenters. The molecule has 0 spiro atoms. The molecule has 3 aromatic carbocycles. The predicted octanol–water partition coefficient (Wildman–Crippen LogP) is 3.35. The Bertz CT molecular complexity index is 1630. The van der Waals surface area contributed by atoms with Gasteiger partial charge in [0.05, 0.1) is 19.6 Å². The lowest BCUT2D eigenvalue weighted by molar-refractivity contribution is -0.119. The molecule has 37 heavy (non-hydrogen) atoms. The van der Waals surface area contributed by atoms with Crippen molar-refractivity contribution in [3.05, 3.63) is 83.0 Å². The molecule has 0 unspecified atom stereocenters. The van der Waals surface area contributed by atoms with Crippen molar-refractivity contribution in [2.75, 3.05) is 13.9 Å². The molecule has 0 bridgehead atoms. The van der Waals surface area contributed by atoms with E-state index in [1.165, 1.54) is 13.2 Å². The van der Waals surface area contributed by atoms with Gasteiger partial charge in [-0.25, -0.2) is 13.1 Å². The number of aryl methyl sites for hydroxylation is 2.